The molecule has 0 radical (unpaired) electrons. The molecule has 1 aromatic rings. The molecule has 10 N–H and O–H groups in total. The molecule has 8 atom stereocenters. The van der Waals surface area contributed by atoms with Crippen LogP contribution in [0.2, 0.25) is 0 Å². The number of amides is 6. The first-order valence-electron chi connectivity index (χ1n) is 18.9. The molecule has 0 bridgehead atoms. The standard InChI is InChI=1S/C38H59N7O6/c1-22(41-33(47)24-14-16-25(17-15-24)38(3,4)5)28(20-39)35(49)43-30-12-8-6-10-26(30)34(48)42-23(2)29(21-40)36(50)44-31-13-9-7-11-27(31)37(51)45-19-18-32(45)46/h14-17,22-23,26-31H,6-13,18-21,39-40H2,1-5H3,(H,41,47)(H,42,48)(H,43,49)(H,44,50)/p+2/t22-,23-,26-,27-,28-,29-,30+,31+/m0/s1. The average Bonchev–Trinajstić information content (AvgIpc) is 3.08. The lowest BCUT2D eigenvalue weighted by molar-refractivity contribution is -0.377. The Morgan fingerprint density at radius 1 is 0.765 bits per heavy atom. The van der Waals surface area contributed by atoms with Gasteiger partial charge in [0.2, 0.25) is 29.5 Å². The number of hydrogen-bond donors (Lipinski definition) is 6. The number of rotatable bonds is 13. The van der Waals surface area contributed by atoms with Gasteiger partial charge < -0.3 is 32.7 Å². The van der Waals surface area contributed by atoms with Crippen LogP contribution >= 0.6 is 0 Å². The number of carbonyl (C=O) groups is 6. The predicted octanol–water partition coefficient (Wildman–Crippen LogP) is 0.432. The molecule has 2 aliphatic carbocycles. The van der Waals surface area contributed by atoms with E-state index in [-0.39, 0.29) is 60.0 Å². The van der Waals surface area contributed by atoms with Crippen molar-refractivity contribution in [3.63, 3.8) is 0 Å². The average molecular weight is 712 g/mol. The zero-order valence-electron chi connectivity index (χ0n) is 31.2. The fourth-order valence-corrected chi connectivity index (χ4v) is 7.70. The van der Waals surface area contributed by atoms with Crippen LogP contribution in [-0.2, 0) is 29.4 Å². The number of β-lactam (4-membered cyclic amide) rings is 1. The van der Waals surface area contributed by atoms with Gasteiger partial charge in [-0.1, -0.05) is 58.6 Å². The first kappa shape index (κ1) is 39.9. The summed E-state index contributed by atoms with van der Waals surface area (Å²) in [5.41, 5.74) is 9.57. The van der Waals surface area contributed by atoms with Gasteiger partial charge in [0.1, 0.15) is 11.8 Å². The molecule has 3 fully saturated rings. The predicted molar refractivity (Wildman–Crippen MR) is 191 cm³/mol. The third-order valence-electron chi connectivity index (χ3n) is 11.2. The highest BCUT2D eigenvalue weighted by molar-refractivity contribution is 6.00. The van der Waals surface area contributed by atoms with Crippen molar-refractivity contribution in [3.05, 3.63) is 35.4 Å². The van der Waals surface area contributed by atoms with Crippen molar-refractivity contribution in [2.45, 2.75) is 122 Å². The second-order valence-corrected chi connectivity index (χ2v) is 15.8. The lowest BCUT2D eigenvalue weighted by Crippen LogP contribution is -2.64. The molecule has 1 aromatic carbocycles. The molecule has 1 saturated heterocycles. The largest absolute Gasteiger partial charge is 0.357 e. The maximum atomic E-state index is 13.7. The summed E-state index contributed by atoms with van der Waals surface area (Å²) in [6.45, 7) is 10.8. The van der Waals surface area contributed by atoms with Gasteiger partial charge in [0.25, 0.3) is 5.91 Å². The van der Waals surface area contributed by atoms with Crippen LogP contribution in [0.4, 0.5) is 0 Å². The monoisotopic (exact) mass is 711 g/mol. The highest BCUT2D eigenvalue weighted by Crippen LogP contribution is 2.29. The van der Waals surface area contributed by atoms with Crippen LogP contribution in [0.5, 0.6) is 0 Å². The number of nitrogens with one attached hydrogen (secondary N) is 4. The first-order valence-corrected chi connectivity index (χ1v) is 18.9. The molecule has 4 rings (SSSR count). The molecule has 13 heteroatoms. The van der Waals surface area contributed by atoms with Crippen molar-refractivity contribution >= 4 is 35.4 Å². The van der Waals surface area contributed by atoms with Gasteiger partial charge in [0, 0.05) is 42.7 Å². The van der Waals surface area contributed by atoms with Gasteiger partial charge in [-0.2, -0.15) is 0 Å². The number of nitrogens with zero attached hydrogens (tertiary/aromatic N) is 1. The minimum absolute atomic E-state index is 0.0341. The zero-order valence-corrected chi connectivity index (χ0v) is 31.2. The SMILES string of the molecule is C[C@H](NC(=O)c1ccc(C(C)(C)C)cc1)[C@H](C[NH3+])C(=O)N[C@@H]1CCCC[C@@H]1C(=O)N[C@@H](C)[C@H](C[NH3+])C(=O)N[C@@H]1CCCC[C@@H]1C(=O)N1CCC1=O. The normalized spacial score (nSPS) is 24.6. The van der Waals surface area contributed by atoms with Crippen molar-refractivity contribution in [1.82, 2.24) is 26.2 Å². The van der Waals surface area contributed by atoms with Crippen LogP contribution in [0.15, 0.2) is 24.3 Å². The summed E-state index contributed by atoms with van der Waals surface area (Å²) < 4.78 is 0. The topological polar surface area (TPSA) is 209 Å². The Morgan fingerprint density at radius 3 is 1.73 bits per heavy atom. The van der Waals surface area contributed by atoms with Crippen LogP contribution in [0.1, 0.15) is 108 Å². The van der Waals surface area contributed by atoms with Gasteiger partial charge in [0.05, 0.1) is 24.9 Å². The molecule has 1 aliphatic heterocycles. The number of benzene rings is 1. The number of likely N-dealkylation sites (tertiary alicyclic amines) is 1. The van der Waals surface area contributed by atoms with Crippen LogP contribution in [0.25, 0.3) is 0 Å². The van der Waals surface area contributed by atoms with Crippen molar-refractivity contribution in [3.8, 4) is 0 Å². The van der Waals surface area contributed by atoms with E-state index in [0.29, 0.717) is 44.2 Å². The van der Waals surface area contributed by atoms with Crippen molar-refractivity contribution in [2.24, 2.45) is 23.7 Å². The minimum atomic E-state index is -0.626. The molecule has 0 aromatic heterocycles. The van der Waals surface area contributed by atoms with Crippen molar-refractivity contribution in [1.29, 1.82) is 0 Å². The van der Waals surface area contributed by atoms with E-state index in [1.807, 2.05) is 12.1 Å². The van der Waals surface area contributed by atoms with E-state index >= 15 is 0 Å². The molecular formula is C38H61N7O6+2. The van der Waals surface area contributed by atoms with Gasteiger partial charge in [-0.05, 0) is 62.6 Å². The minimum Gasteiger partial charge on any atom is -0.357 e. The molecule has 0 spiro atoms. The Kier molecular flexibility index (Phi) is 13.8. The number of quaternary nitrogens is 2. The number of imide groups is 1. The third kappa shape index (κ3) is 9.94. The molecule has 2 saturated carbocycles. The van der Waals surface area contributed by atoms with Gasteiger partial charge >= 0.3 is 0 Å². The van der Waals surface area contributed by atoms with E-state index in [1.165, 1.54) is 4.90 Å². The lowest BCUT2D eigenvalue weighted by atomic mass is 9.82. The summed E-state index contributed by atoms with van der Waals surface area (Å²) in [4.78, 5) is 80.2. The van der Waals surface area contributed by atoms with Crippen LogP contribution in [0, 0.1) is 23.7 Å². The van der Waals surface area contributed by atoms with E-state index in [2.05, 4.69) is 53.5 Å². The third-order valence-corrected chi connectivity index (χ3v) is 11.2. The summed E-state index contributed by atoms with van der Waals surface area (Å²) >= 11 is 0. The van der Waals surface area contributed by atoms with Crippen molar-refractivity contribution in [2.75, 3.05) is 19.6 Å². The van der Waals surface area contributed by atoms with Gasteiger partial charge in [-0.15, -0.1) is 0 Å². The van der Waals surface area contributed by atoms with Gasteiger partial charge in [-0.25, -0.2) is 0 Å². The zero-order chi connectivity index (χ0) is 37.5. The summed E-state index contributed by atoms with van der Waals surface area (Å²) in [7, 11) is 0. The van der Waals surface area contributed by atoms with E-state index in [0.717, 1.165) is 31.2 Å². The molecule has 282 valence electrons. The lowest BCUT2D eigenvalue weighted by Gasteiger charge is -2.38. The van der Waals surface area contributed by atoms with Gasteiger partial charge in [0.15, 0.2) is 0 Å². The van der Waals surface area contributed by atoms with E-state index in [9.17, 15) is 28.8 Å². The Bertz CT molecular complexity index is 1430. The summed E-state index contributed by atoms with van der Waals surface area (Å²) in [6.07, 6.45) is 6.33. The van der Waals surface area contributed by atoms with Crippen LogP contribution < -0.4 is 32.7 Å². The Labute approximate surface area is 302 Å². The molecule has 3 aliphatic rings. The van der Waals surface area contributed by atoms with Crippen LogP contribution in [0.3, 0.4) is 0 Å². The van der Waals surface area contributed by atoms with Crippen molar-refractivity contribution < 1.29 is 40.2 Å². The first-order chi connectivity index (χ1) is 24.2. The Morgan fingerprint density at radius 2 is 1.25 bits per heavy atom. The maximum absolute atomic E-state index is 13.7. The fraction of sp³-hybridized carbons (Fsp3) is 0.684. The summed E-state index contributed by atoms with van der Waals surface area (Å²) in [6, 6.07) is 5.68. The van der Waals surface area contributed by atoms with E-state index in [4.69, 9.17) is 0 Å². The quantitative estimate of drug-likeness (QED) is 0.126. The second-order valence-electron chi connectivity index (χ2n) is 15.8. The molecule has 51 heavy (non-hydrogen) atoms. The Hall–Kier alpha value is -3.84. The molecule has 13 nitrogen and oxygen atoms in total. The van der Waals surface area contributed by atoms with E-state index in [1.54, 1.807) is 26.0 Å². The smallest absolute Gasteiger partial charge is 0.251 e. The highest BCUT2D eigenvalue weighted by Gasteiger charge is 2.42. The summed E-state index contributed by atoms with van der Waals surface area (Å²) in [5, 5.41) is 12.2. The highest BCUT2D eigenvalue weighted by atomic mass is 16.2. The maximum Gasteiger partial charge on any atom is 0.251 e. The fourth-order valence-electron chi connectivity index (χ4n) is 7.70. The molecule has 0 unspecified atom stereocenters. The Balaban J connectivity index is 1.33. The number of hydrogen-bond acceptors (Lipinski definition) is 6. The second kappa shape index (κ2) is 17.6. The molecule has 1 heterocycles. The number of carbonyl (C=O) groups excluding carboxylic acids is 6. The van der Waals surface area contributed by atoms with Gasteiger partial charge in [-0.3, -0.25) is 33.7 Å². The molecular weight excluding hydrogens is 650 g/mol. The van der Waals surface area contributed by atoms with E-state index < -0.39 is 41.8 Å². The summed E-state index contributed by atoms with van der Waals surface area (Å²) in [5.74, 6) is -3.54. The van der Waals surface area contributed by atoms with Crippen LogP contribution in [-0.4, -0.2) is 84.1 Å². The molecule has 6 amide bonds.